The lowest BCUT2D eigenvalue weighted by molar-refractivity contribution is -0.141. The number of rotatable bonds is 3. The highest BCUT2D eigenvalue weighted by Gasteiger charge is 2.36. The number of imide groups is 1. The molecule has 1 aromatic heterocycles. The Labute approximate surface area is 129 Å². The summed E-state index contributed by atoms with van der Waals surface area (Å²) >= 11 is 0. The normalized spacial score (nSPS) is 25.1. The van der Waals surface area contributed by atoms with Crippen LogP contribution in [0.15, 0.2) is 18.3 Å². The molecule has 1 aromatic rings. The smallest absolute Gasteiger partial charge is 0.229 e. The van der Waals surface area contributed by atoms with E-state index >= 15 is 0 Å². The molecule has 1 saturated heterocycles. The third-order valence-corrected chi connectivity index (χ3v) is 4.40. The number of aromatic nitrogens is 1. The molecule has 2 heterocycles. The van der Waals surface area contributed by atoms with Gasteiger partial charge in [0.05, 0.1) is 5.56 Å². The van der Waals surface area contributed by atoms with Crippen LogP contribution in [-0.4, -0.2) is 33.8 Å². The average molecular weight is 298 g/mol. The summed E-state index contributed by atoms with van der Waals surface area (Å²) in [6.07, 6.45) is 5.78. The standard InChI is InChI=1S/C16H18N4O2/c17-9-11-1-6-14(18-10-11)19-12-2-4-13(5-3-12)20-15(21)7-8-16(20)22/h1,6,10,12-13H,2-5,7-8H2,(H,18,19). The van der Waals surface area contributed by atoms with Gasteiger partial charge in [0.25, 0.3) is 0 Å². The third kappa shape index (κ3) is 2.93. The fraction of sp³-hybridized carbons (Fsp3) is 0.500. The van der Waals surface area contributed by atoms with Gasteiger partial charge in [0.15, 0.2) is 0 Å². The highest BCUT2D eigenvalue weighted by Crippen LogP contribution is 2.28. The van der Waals surface area contributed by atoms with Gasteiger partial charge in [-0.25, -0.2) is 4.98 Å². The summed E-state index contributed by atoms with van der Waals surface area (Å²) < 4.78 is 0. The summed E-state index contributed by atoms with van der Waals surface area (Å²) in [6.45, 7) is 0. The lowest BCUT2D eigenvalue weighted by Gasteiger charge is -2.33. The van der Waals surface area contributed by atoms with Gasteiger partial charge in [0.2, 0.25) is 11.8 Å². The minimum absolute atomic E-state index is 0.0184. The molecule has 2 aliphatic rings. The Morgan fingerprint density at radius 3 is 2.36 bits per heavy atom. The first-order valence-electron chi connectivity index (χ1n) is 7.65. The molecule has 0 unspecified atom stereocenters. The molecule has 6 heteroatoms. The van der Waals surface area contributed by atoms with Crippen molar-refractivity contribution in [2.45, 2.75) is 50.6 Å². The van der Waals surface area contributed by atoms with E-state index in [1.54, 1.807) is 18.3 Å². The molecule has 1 aliphatic carbocycles. The Bertz CT molecular complexity index is 596. The van der Waals surface area contributed by atoms with Crippen LogP contribution in [-0.2, 0) is 9.59 Å². The fourth-order valence-electron chi connectivity index (χ4n) is 3.23. The minimum Gasteiger partial charge on any atom is -0.367 e. The first-order chi connectivity index (χ1) is 10.7. The second kappa shape index (κ2) is 6.14. The van der Waals surface area contributed by atoms with Gasteiger partial charge < -0.3 is 5.32 Å². The van der Waals surface area contributed by atoms with E-state index in [1.165, 1.54) is 4.90 Å². The molecule has 0 atom stereocenters. The maximum Gasteiger partial charge on any atom is 0.229 e. The fourth-order valence-corrected chi connectivity index (χ4v) is 3.23. The van der Waals surface area contributed by atoms with Crippen molar-refractivity contribution >= 4 is 17.6 Å². The summed E-state index contributed by atoms with van der Waals surface area (Å²) in [5.41, 5.74) is 0.542. The van der Waals surface area contributed by atoms with E-state index in [0.29, 0.717) is 24.4 Å². The molecule has 0 spiro atoms. The average Bonchev–Trinajstić information content (AvgIpc) is 2.88. The van der Waals surface area contributed by atoms with E-state index < -0.39 is 0 Å². The molecule has 0 radical (unpaired) electrons. The minimum atomic E-state index is -0.0184. The summed E-state index contributed by atoms with van der Waals surface area (Å²) in [5.74, 6) is 0.723. The molecule has 1 aliphatic heterocycles. The highest BCUT2D eigenvalue weighted by molar-refractivity contribution is 6.02. The number of carbonyl (C=O) groups excluding carboxylic acids is 2. The highest BCUT2D eigenvalue weighted by atomic mass is 16.2. The van der Waals surface area contributed by atoms with Gasteiger partial charge in [-0.15, -0.1) is 0 Å². The lowest BCUT2D eigenvalue weighted by atomic mass is 9.90. The Morgan fingerprint density at radius 1 is 1.14 bits per heavy atom. The third-order valence-electron chi connectivity index (χ3n) is 4.40. The number of pyridine rings is 1. The zero-order valence-corrected chi connectivity index (χ0v) is 12.3. The van der Waals surface area contributed by atoms with E-state index in [-0.39, 0.29) is 17.9 Å². The molecule has 22 heavy (non-hydrogen) atoms. The van der Waals surface area contributed by atoms with Crippen LogP contribution in [0.5, 0.6) is 0 Å². The number of carbonyl (C=O) groups is 2. The maximum absolute atomic E-state index is 11.8. The summed E-state index contributed by atoms with van der Waals surface area (Å²) in [5, 5.41) is 12.1. The van der Waals surface area contributed by atoms with E-state index in [4.69, 9.17) is 5.26 Å². The summed E-state index contributed by atoms with van der Waals surface area (Å²) in [4.78, 5) is 29.2. The molecule has 0 aromatic carbocycles. The summed E-state index contributed by atoms with van der Waals surface area (Å²) in [6, 6.07) is 5.95. The molecule has 1 N–H and O–H groups in total. The zero-order chi connectivity index (χ0) is 15.5. The number of anilines is 1. The Morgan fingerprint density at radius 2 is 1.82 bits per heavy atom. The molecule has 0 bridgehead atoms. The molecular weight excluding hydrogens is 280 g/mol. The van der Waals surface area contributed by atoms with Crippen molar-refractivity contribution in [3.63, 3.8) is 0 Å². The van der Waals surface area contributed by atoms with E-state index in [9.17, 15) is 9.59 Å². The summed E-state index contributed by atoms with van der Waals surface area (Å²) in [7, 11) is 0. The van der Waals surface area contributed by atoms with Crippen molar-refractivity contribution < 1.29 is 9.59 Å². The second-order valence-electron chi connectivity index (χ2n) is 5.85. The van der Waals surface area contributed by atoms with Crippen molar-refractivity contribution in [2.24, 2.45) is 0 Å². The van der Waals surface area contributed by atoms with Crippen LogP contribution in [0, 0.1) is 11.3 Å². The van der Waals surface area contributed by atoms with Gasteiger partial charge in [-0.2, -0.15) is 5.26 Å². The van der Waals surface area contributed by atoms with Gasteiger partial charge in [0.1, 0.15) is 11.9 Å². The van der Waals surface area contributed by atoms with Crippen LogP contribution < -0.4 is 5.32 Å². The maximum atomic E-state index is 11.8. The van der Waals surface area contributed by atoms with Gasteiger partial charge in [0, 0.05) is 31.1 Å². The molecule has 114 valence electrons. The van der Waals surface area contributed by atoms with Crippen LogP contribution >= 0.6 is 0 Å². The van der Waals surface area contributed by atoms with Crippen LogP contribution in [0.25, 0.3) is 0 Å². The number of hydrogen-bond acceptors (Lipinski definition) is 5. The number of nitrogens with zero attached hydrogens (tertiary/aromatic N) is 3. The van der Waals surface area contributed by atoms with Gasteiger partial charge in [-0.3, -0.25) is 14.5 Å². The van der Waals surface area contributed by atoms with Gasteiger partial charge in [-0.05, 0) is 37.8 Å². The lowest BCUT2D eigenvalue weighted by Crippen LogP contribution is -2.43. The Kier molecular flexibility index (Phi) is 4.05. The number of amides is 2. The van der Waals surface area contributed by atoms with Gasteiger partial charge >= 0.3 is 0 Å². The van der Waals surface area contributed by atoms with Crippen molar-refractivity contribution in [3.05, 3.63) is 23.9 Å². The Hall–Kier alpha value is -2.42. The number of likely N-dealkylation sites (tertiary alicyclic amines) is 1. The molecule has 2 fully saturated rings. The quantitative estimate of drug-likeness (QED) is 0.860. The first kappa shape index (κ1) is 14.5. The topological polar surface area (TPSA) is 86.1 Å². The van der Waals surface area contributed by atoms with Crippen molar-refractivity contribution in [1.82, 2.24) is 9.88 Å². The molecule has 1 saturated carbocycles. The predicted octanol–water partition coefficient (Wildman–Crippen LogP) is 1.83. The first-order valence-corrected chi connectivity index (χ1v) is 7.65. The SMILES string of the molecule is N#Cc1ccc(NC2CCC(N3C(=O)CCC3=O)CC2)nc1. The van der Waals surface area contributed by atoms with Crippen LogP contribution in [0.2, 0.25) is 0 Å². The van der Waals surface area contributed by atoms with Crippen molar-refractivity contribution in [2.75, 3.05) is 5.32 Å². The molecule has 3 rings (SSSR count). The van der Waals surface area contributed by atoms with Gasteiger partial charge in [-0.1, -0.05) is 0 Å². The predicted molar refractivity (Wildman–Crippen MR) is 79.7 cm³/mol. The number of hydrogen-bond donors (Lipinski definition) is 1. The second-order valence-corrected chi connectivity index (χ2v) is 5.85. The van der Waals surface area contributed by atoms with E-state index in [0.717, 1.165) is 31.5 Å². The monoisotopic (exact) mass is 298 g/mol. The van der Waals surface area contributed by atoms with Crippen molar-refractivity contribution in [3.8, 4) is 6.07 Å². The molecular formula is C16H18N4O2. The van der Waals surface area contributed by atoms with Crippen LogP contribution in [0.3, 0.4) is 0 Å². The van der Waals surface area contributed by atoms with E-state index in [1.807, 2.05) is 6.07 Å². The molecule has 6 nitrogen and oxygen atoms in total. The zero-order valence-electron chi connectivity index (χ0n) is 12.3. The largest absolute Gasteiger partial charge is 0.367 e. The van der Waals surface area contributed by atoms with Crippen LogP contribution in [0.4, 0.5) is 5.82 Å². The van der Waals surface area contributed by atoms with E-state index in [2.05, 4.69) is 10.3 Å². The Balaban J connectivity index is 1.54. The molecule has 2 amide bonds. The number of nitriles is 1. The van der Waals surface area contributed by atoms with Crippen molar-refractivity contribution in [1.29, 1.82) is 5.26 Å². The number of nitrogens with one attached hydrogen (secondary N) is 1. The van der Waals surface area contributed by atoms with Crippen LogP contribution in [0.1, 0.15) is 44.1 Å².